The van der Waals surface area contributed by atoms with Crippen molar-refractivity contribution in [1.29, 1.82) is 0 Å². The van der Waals surface area contributed by atoms with Gasteiger partial charge in [-0.3, -0.25) is 0 Å². The van der Waals surface area contributed by atoms with Crippen LogP contribution in [0.1, 0.15) is 36.9 Å². The van der Waals surface area contributed by atoms with E-state index in [2.05, 4.69) is 47.0 Å². The molecular formula is C26H29FN2O. The molecule has 0 aromatic heterocycles. The molecule has 3 aromatic rings. The van der Waals surface area contributed by atoms with Gasteiger partial charge in [0.2, 0.25) is 0 Å². The molecule has 0 aliphatic carbocycles. The molecule has 0 amide bonds. The highest BCUT2D eigenvalue weighted by Gasteiger charge is 2.25. The summed E-state index contributed by atoms with van der Waals surface area (Å²) in [5, 5.41) is 7.45. The van der Waals surface area contributed by atoms with E-state index in [0.29, 0.717) is 18.7 Å². The van der Waals surface area contributed by atoms with Gasteiger partial charge in [0.25, 0.3) is 0 Å². The first-order valence-corrected chi connectivity index (χ1v) is 10.8. The maximum absolute atomic E-state index is 13.3. The lowest BCUT2D eigenvalue weighted by atomic mass is 9.92. The van der Waals surface area contributed by atoms with Gasteiger partial charge in [0.05, 0.1) is 6.61 Å². The zero-order valence-corrected chi connectivity index (χ0v) is 17.4. The van der Waals surface area contributed by atoms with E-state index in [0.717, 1.165) is 48.4 Å². The predicted octanol–water partition coefficient (Wildman–Crippen LogP) is 5.47. The SMILES string of the molecule is CCOc1ccc(-c2ccc(F)cc2)cc1CN[C@H]1CCCNC1c1ccccc1. The summed E-state index contributed by atoms with van der Waals surface area (Å²) < 4.78 is 19.2. The number of nitrogens with one attached hydrogen (secondary N) is 2. The van der Waals surface area contributed by atoms with Crippen LogP contribution in [0.25, 0.3) is 11.1 Å². The summed E-state index contributed by atoms with van der Waals surface area (Å²) in [5.41, 5.74) is 4.51. The monoisotopic (exact) mass is 404 g/mol. The summed E-state index contributed by atoms with van der Waals surface area (Å²) in [5.74, 6) is 0.680. The average molecular weight is 405 g/mol. The van der Waals surface area contributed by atoms with Crippen molar-refractivity contribution in [1.82, 2.24) is 10.6 Å². The molecule has 2 N–H and O–H groups in total. The van der Waals surface area contributed by atoms with E-state index in [1.54, 1.807) is 0 Å². The van der Waals surface area contributed by atoms with E-state index in [-0.39, 0.29) is 5.82 Å². The smallest absolute Gasteiger partial charge is 0.123 e. The fourth-order valence-electron chi connectivity index (χ4n) is 4.20. The van der Waals surface area contributed by atoms with Crippen LogP contribution in [-0.4, -0.2) is 19.2 Å². The summed E-state index contributed by atoms with van der Waals surface area (Å²) in [6.07, 6.45) is 2.29. The average Bonchev–Trinajstić information content (AvgIpc) is 2.80. The maximum Gasteiger partial charge on any atom is 0.123 e. The van der Waals surface area contributed by atoms with Crippen LogP contribution in [0.3, 0.4) is 0 Å². The van der Waals surface area contributed by atoms with Gasteiger partial charge in [0, 0.05) is 24.2 Å². The van der Waals surface area contributed by atoms with E-state index in [4.69, 9.17) is 4.74 Å². The molecule has 0 radical (unpaired) electrons. The van der Waals surface area contributed by atoms with Crippen LogP contribution < -0.4 is 15.4 Å². The van der Waals surface area contributed by atoms with E-state index >= 15 is 0 Å². The van der Waals surface area contributed by atoms with Crippen molar-refractivity contribution in [2.24, 2.45) is 0 Å². The highest BCUT2D eigenvalue weighted by Crippen LogP contribution is 2.29. The van der Waals surface area contributed by atoms with Gasteiger partial charge < -0.3 is 15.4 Å². The van der Waals surface area contributed by atoms with Crippen LogP contribution in [0.5, 0.6) is 5.75 Å². The van der Waals surface area contributed by atoms with Gasteiger partial charge in [-0.15, -0.1) is 0 Å². The van der Waals surface area contributed by atoms with Crippen molar-refractivity contribution in [3.63, 3.8) is 0 Å². The Labute approximate surface area is 178 Å². The van der Waals surface area contributed by atoms with Crippen LogP contribution in [0.15, 0.2) is 72.8 Å². The minimum Gasteiger partial charge on any atom is -0.494 e. The minimum absolute atomic E-state index is 0.219. The summed E-state index contributed by atoms with van der Waals surface area (Å²) in [4.78, 5) is 0. The van der Waals surface area contributed by atoms with E-state index in [1.165, 1.54) is 17.7 Å². The molecule has 1 heterocycles. The maximum atomic E-state index is 13.3. The van der Waals surface area contributed by atoms with E-state index in [9.17, 15) is 4.39 Å². The molecule has 2 atom stereocenters. The zero-order valence-electron chi connectivity index (χ0n) is 17.4. The third-order valence-corrected chi connectivity index (χ3v) is 5.71. The molecular weight excluding hydrogens is 375 g/mol. The Morgan fingerprint density at radius 2 is 1.77 bits per heavy atom. The number of rotatable bonds is 7. The van der Waals surface area contributed by atoms with Gasteiger partial charge in [0.15, 0.2) is 0 Å². The van der Waals surface area contributed by atoms with Crippen molar-refractivity contribution in [2.45, 2.75) is 38.4 Å². The third kappa shape index (κ3) is 4.89. The first-order valence-electron chi connectivity index (χ1n) is 10.8. The Hall–Kier alpha value is -2.69. The van der Waals surface area contributed by atoms with Gasteiger partial charge in [0.1, 0.15) is 11.6 Å². The highest BCUT2D eigenvalue weighted by molar-refractivity contribution is 5.65. The molecule has 3 nitrogen and oxygen atoms in total. The summed E-state index contributed by atoms with van der Waals surface area (Å²) in [6.45, 7) is 4.39. The van der Waals surface area contributed by atoms with Gasteiger partial charge in [-0.1, -0.05) is 48.5 Å². The standard InChI is InChI=1S/C26H29FN2O/c1-2-30-25-15-12-21(19-10-13-23(27)14-11-19)17-22(25)18-29-24-9-6-16-28-26(24)20-7-4-3-5-8-20/h3-5,7-8,10-15,17,24,26,28-29H,2,6,9,16,18H2,1H3/t24-,26?/m0/s1. The molecule has 3 aromatic carbocycles. The fourth-order valence-corrected chi connectivity index (χ4v) is 4.20. The Kier molecular flexibility index (Phi) is 6.77. The van der Waals surface area contributed by atoms with Crippen LogP contribution in [-0.2, 0) is 6.54 Å². The van der Waals surface area contributed by atoms with Crippen LogP contribution in [0, 0.1) is 5.82 Å². The number of ether oxygens (including phenoxy) is 1. The third-order valence-electron chi connectivity index (χ3n) is 5.71. The van der Waals surface area contributed by atoms with Crippen molar-refractivity contribution in [3.8, 4) is 16.9 Å². The second-order valence-electron chi connectivity index (χ2n) is 7.73. The number of benzene rings is 3. The number of hydrogen-bond acceptors (Lipinski definition) is 3. The second kappa shape index (κ2) is 9.88. The Bertz CT molecular complexity index is 943. The second-order valence-corrected chi connectivity index (χ2v) is 7.73. The normalized spacial score (nSPS) is 18.9. The summed E-state index contributed by atoms with van der Waals surface area (Å²) in [7, 11) is 0. The van der Waals surface area contributed by atoms with Crippen LogP contribution in [0.2, 0.25) is 0 Å². The molecule has 0 saturated carbocycles. The lowest BCUT2D eigenvalue weighted by Gasteiger charge is -2.34. The molecule has 1 fully saturated rings. The van der Waals surface area contributed by atoms with Crippen molar-refractivity contribution >= 4 is 0 Å². The van der Waals surface area contributed by atoms with Crippen molar-refractivity contribution < 1.29 is 9.13 Å². The molecule has 1 aliphatic heterocycles. The largest absolute Gasteiger partial charge is 0.494 e. The van der Waals surface area contributed by atoms with Crippen LogP contribution >= 0.6 is 0 Å². The Morgan fingerprint density at radius 1 is 1.00 bits per heavy atom. The lowest BCUT2D eigenvalue weighted by Crippen LogP contribution is -2.45. The number of piperidine rings is 1. The van der Waals surface area contributed by atoms with Crippen LogP contribution in [0.4, 0.5) is 4.39 Å². The number of hydrogen-bond donors (Lipinski definition) is 2. The quantitative estimate of drug-likeness (QED) is 0.547. The molecule has 1 aliphatic rings. The molecule has 4 rings (SSSR count). The molecule has 0 spiro atoms. The predicted molar refractivity (Wildman–Crippen MR) is 120 cm³/mol. The molecule has 1 saturated heterocycles. The highest BCUT2D eigenvalue weighted by atomic mass is 19.1. The Balaban J connectivity index is 1.54. The van der Waals surface area contributed by atoms with Gasteiger partial charge >= 0.3 is 0 Å². The topological polar surface area (TPSA) is 33.3 Å². The van der Waals surface area contributed by atoms with E-state index in [1.807, 2.05) is 31.2 Å². The molecule has 4 heteroatoms. The van der Waals surface area contributed by atoms with Gasteiger partial charge in [-0.2, -0.15) is 0 Å². The fraction of sp³-hybridized carbons (Fsp3) is 0.308. The molecule has 0 bridgehead atoms. The first kappa shape index (κ1) is 20.6. The van der Waals surface area contributed by atoms with Crippen molar-refractivity contribution in [3.05, 3.63) is 89.7 Å². The molecule has 156 valence electrons. The molecule has 1 unspecified atom stereocenters. The van der Waals surface area contributed by atoms with Gasteiger partial charge in [-0.25, -0.2) is 4.39 Å². The minimum atomic E-state index is -0.219. The summed E-state index contributed by atoms with van der Waals surface area (Å²) >= 11 is 0. The molecule has 30 heavy (non-hydrogen) atoms. The van der Waals surface area contributed by atoms with E-state index < -0.39 is 0 Å². The lowest BCUT2D eigenvalue weighted by molar-refractivity contribution is 0.299. The Morgan fingerprint density at radius 3 is 2.53 bits per heavy atom. The zero-order chi connectivity index (χ0) is 20.8. The van der Waals surface area contributed by atoms with Crippen molar-refractivity contribution in [2.75, 3.05) is 13.2 Å². The van der Waals surface area contributed by atoms with Gasteiger partial charge in [-0.05, 0) is 67.3 Å². The first-order chi connectivity index (χ1) is 14.7. The summed E-state index contributed by atoms with van der Waals surface area (Å²) in [6, 6.07) is 24.1. The number of halogens is 1.